The highest BCUT2D eigenvalue weighted by molar-refractivity contribution is 7.92. The number of hydrogen-bond acceptors (Lipinski definition) is 5. The number of sulfonamides is 1. The van der Waals surface area contributed by atoms with Crippen LogP contribution in [0, 0.1) is 0 Å². The molecule has 0 unspecified atom stereocenters. The fraction of sp³-hybridized carbons (Fsp3) is 0.158. The summed E-state index contributed by atoms with van der Waals surface area (Å²) in [7, 11) is -0.0950. The van der Waals surface area contributed by atoms with Gasteiger partial charge in [0.05, 0.1) is 42.2 Å². The molecule has 29 heavy (non-hydrogen) atoms. The standard InChI is InChI=1S/C19H19ClN4O4S/c1-24-11-12(6-18(24)17-5-4-16(28-2)10-21-17)19(25)22-14-7-13(20)8-15(9-14)23-29(3,26)27/h4-11,23H,1-3H3,(H,22,25). The molecule has 2 aromatic heterocycles. The molecule has 0 atom stereocenters. The van der Waals surface area contributed by atoms with Crippen molar-refractivity contribution in [1.29, 1.82) is 0 Å². The van der Waals surface area contributed by atoms with Crippen molar-refractivity contribution in [2.75, 3.05) is 23.4 Å². The van der Waals surface area contributed by atoms with Gasteiger partial charge < -0.3 is 14.6 Å². The monoisotopic (exact) mass is 434 g/mol. The van der Waals surface area contributed by atoms with Gasteiger partial charge in [-0.05, 0) is 36.4 Å². The number of aromatic nitrogens is 2. The Hall–Kier alpha value is -3.04. The highest BCUT2D eigenvalue weighted by Crippen LogP contribution is 2.25. The third-order valence-corrected chi connectivity index (χ3v) is 4.79. The first kappa shape index (κ1) is 20.7. The minimum Gasteiger partial charge on any atom is -0.495 e. The number of pyridine rings is 1. The third-order valence-electron chi connectivity index (χ3n) is 3.96. The van der Waals surface area contributed by atoms with Gasteiger partial charge in [-0.1, -0.05) is 11.6 Å². The molecule has 3 aromatic rings. The zero-order valence-corrected chi connectivity index (χ0v) is 17.5. The van der Waals surface area contributed by atoms with Gasteiger partial charge in [-0.2, -0.15) is 0 Å². The van der Waals surface area contributed by atoms with Crippen LogP contribution in [0.25, 0.3) is 11.4 Å². The van der Waals surface area contributed by atoms with Crippen LogP contribution in [0.3, 0.4) is 0 Å². The summed E-state index contributed by atoms with van der Waals surface area (Å²) >= 11 is 6.03. The van der Waals surface area contributed by atoms with Gasteiger partial charge in [-0.25, -0.2) is 8.42 Å². The Morgan fingerprint density at radius 2 is 1.90 bits per heavy atom. The molecule has 0 aliphatic rings. The topological polar surface area (TPSA) is 102 Å². The normalized spacial score (nSPS) is 11.2. The van der Waals surface area contributed by atoms with Crippen molar-refractivity contribution in [2.45, 2.75) is 0 Å². The van der Waals surface area contributed by atoms with Crippen LogP contribution in [0.2, 0.25) is 5.02 Å². The van der Waals surface area contributed by atoms with Gasteiger partial charge in [0.15, 0.2) is 0 Å². The number of ether oxygens (including phenoxy) is 1. The van der Waals surface area contributed by atoms with E-state index >= 15 is 0 Å². The summed E-state index contributed by atoms with van der Waals surface area (Å²) in [5, 5.41) is 3.01. The molecule has 0 fully saturated rings. The second-order valence-corrected chi connectivity index (χ2v) is 8.55. The van der Waals surface area contributed by atoms with Crippen molar-refractivity contribution in [2.24, 2.45) is 7.05 Å². The molecule has 0 aliphatic heterocycles. The quantitative estimate of drug-likeness (QED) is 0.619. The lowest BCUT2D eigenvalue weighted by Gasteiger charge is -2.09. The molecular weight excluding hydrogens is 416 g/mol. The van der Waals surface area contributed by atoms with Gasteiger partial charge in [0.2, 0.25) is 10.0 Å². The van der Waals surface area contributed by atoms with Gasteiger partial charge in [0.1, 0.15) is 5.75 Å². The van der Waals surface area contributed by atoms with E-state index in [1.807, 2.05) is 7.05 Å². The minimum atomic E-state index is -3.47. The lowest BCUT2D eigenvalue weighted by Crippen LogP contribution is -2.13. The van der Waals surface area contributed by atoms with Crippen LogP contribution in [0.15, 0.2) is 48.8 Å². The smallest absolute Gasteiger partial charge is 0.257 e. The zero-order chi connectivity index (χ0) is 21.2. The van der Waals surface area contributed by atoms with Crippen LogP contribution < -0.4 is 14.8 Å². The lowest BCUT2D eigenvalue weighted by molar-refractivity contribution is 0.102. The SMILES string of the molecule is COc1ccc(-c2cc(C(=O)Nc3cc(Cl)cc(NS(C)(=O)=O)c3)cn2C)nc1. The summed E-state index contributed by atoms with van der Waals surface area (Å²) in [6.45, 7) is 0. The maximum absolute atomic E-state index is 12.7. The van der Waals surface area contributed by atoms with Crippen molar-refractivity contribution >= 4 is 38.9 Å². The summed E-state index contributed by atoms with van der Waals surface area (Å²) in [5.41, 5.74) is 2.48. The molecule has 0 bridgehead atoms. The second kappa shape index (κ2) is 8.14. The highest BCUT2D eigenvalue weighted by Gasteiger charge is 2.14. The molecule has 0 spiro atoms. The number of aryl methyl sites for hydroxylation is 1. The van der Waals surface area contributed by atoms with Crippen LogP contribution in [0.4, 0.5) is 11.4 Å². The van der Waals surface area contributed by atoms with Crippen molar-refractivity contribution in [3.63, 3.8) is 0 Å². The zero-order valence-electron chi connectivity index (χ0n) is 15.9. The number of hydrogen-bond donors (Lipinski definition) is 2. The average Bonchev–Trinajstić information content (AvgIpc) is 3.01. The first-order valence-electron chi connectivity index (χ1n) is 8.41. The Morgan fingerprint density at radius 3 is 2.52 bits per heavy atom. The number of benzene rings is 1. The summed E-state index contributed by atoms with van der Waals surface area (Å²) < 4.78 is 32.1. The molecule has 10 heteroatoms. The van der Waals surface area contributed by atoms with E-state index in [9.17, 15) is 13.2 Å². The van der Waals surface area contributed by atoms with Gasteiger partial charge in [-0.15, -0.1) is 0 Å². The van der Waals surface area contributed by atoms with Crippen LogP contribution >= 0.6 is 11.6 Å². The number of amides is 1. The predicted molar refractivity (Wildman–Crippen MR) is 113 cm³/mol. The van der Waals surface area contributed by atoms with E-state index in [-0.39, 0.29) is 16.6 Å². The molecule has 3 rings (SSSR count). The number of carbonyl (C=O) groups is 1. The average molecular weight is 435 g/mol. The van der Waals surface area contributed by atoms with Gasteiger partial charge in [0.25, 0.3) is 5.91 Å². The molecule has 1 amide bonds. The second-order valence-electron chi connectivity index (χ2n) is 6.37. The van der Waals surface area contributed by atoms with Crippen molar-refractivity contribution < 1.29 is 17.9 Å². The van der Waals surface area contributed by atoms with Gasteiger partial charge in [-0.3, -0.25) is 14.5 Å². The Balaban J connectivity index is 1.83. The fourth-order valence-electron chi connectivity index (χ4n) is 2.73. The summed E-state index contributed by atoms with van der Waals surface area (Å²) in [4.78, 5) is 17.0. The van der Waals surface area contributed by atoms with E-state index in [2.05, 4.69) is 15.0 Å². The number of nitrogens with zero attached hydrogens (tertiary/aromatic N) is 2. The van der Waals surface area contributed by atoms with Crippen LogP contribution in [0.5, 0.6) is 5.75 Å². The fourth-order valence-corrected chi connectivity index (χ4v) is 3.52. The van der Waals surface area contributed by atoms with Crippen LogP contribution in [-0.4, -0.2) is 37.2 Å². The van der Waals surface area contributed by atoms with Crippen molar-refractivity contribution in [3.05, 3.63) is 59.4 Å². The molecule has 152 valence electrons. The summed E-state index contributed by atoms with van der Waals surface area (Å²) in [6.07, 6.45) is 4.31. The molecule has 2 heterocycles. The predicted octanol–water partition coefficient (Wildman–Crippen LogP) is 3.37. The Kier molecular flexibility index (Phi) is 5.81. The van der Waals surface area contributed by atoms with E-state index < -0.39 is 10.0 Å². The molecular formula is C19H19ClN4O4S. The number of anilines is 2. The van der Waals surface area contributed by atoms with E-state index in [1.54, 1.807) is 42.3 Å². The molecule has 0 aliphatic carbocycles. The molecule has 8 nitrogen and oxygen atoms in total. The van der Waals surface area contributed by atoms with Crippen molar-refractivity contribution in [1.82, 2.24) is 9.55 Å². The van der Waals surface area contributed by atoms with E-state index in [0.29, 0.717) is 22.7 Å². The molecule has 1 aromatic carbocycles. The van der Waals surface area contributed by atoms with Crippen molar-refractivity contribution in [3.8, 4) is 17.1 Å². The number of methoxy groups -OCH3 is 1. The Labute approximate surface area is 173 Å². The maximum Gasteiger partial charge on any atom is 0.257 e. The highest BCUT2D eigenvalue weighted by atomic mass is 35.5. The maximum atomic E-state index is 12.7. The summed E-state index contributed by atoms with van der Waals surface area (Å²) in [6, 6.07) is 9.77. The van der Waals surface area contributed by atoms with Gasteiger partial charge >= 0.3 is 0 Å². The third kappa shape index (κ3) is 5.27. The van der Waals surface area contributed by atoms with E-state index in [1.165, 1.54) is 18.2 Å². The molecule has 0 saturated heterocycles. The largest absolute Gasteiger partial charge is 0.495 e. The summed E-state index contributed by atoms with van der Waals surface area (Å²) in [5.74, 6) is 0.272. The first-order valence-corrected chi connectivity index (χ1v) is 10.7. The number of halogens is 1. The van der Waals surface area contributed by atoms with Gasteiger partial charge in [0, 0.05) is 24.0 Å². The minimum absolute atomic E-state index is 0.256. The van der Waals surface area contributed by atoms with E-state index in [4.69, 9.17) is 16.3 Å². The number of nitrogens with one attached hydrogen (secondary N) is 2. The molecule has 0 radical (unpaired) electrons. The lowest BCUT2D eigenvalue weighted by atomic mass is 10.2. The molecule has 2 N–H and O–H groups in total. The molecule has 0 saturated carbocycles. The van der Waals surface area contributed by atoms with Crippen LogP contribution in [-0.2, 0) is 17.1 Å². The Bertz CT molecular complexity index is 1160. The first-order chi connectivity index (χ1) is 13.6. The number of carbonyl (C=O) groups excluding carboxylic acids is 1. The van der Waals surface area contributed by atoms with E-state index in [0.717, 1.165) is 11.9 Å². The van der Waals surface area contributed by atoms with Crippen LogP contribution in [0.1, 0.15) is 10.4 Å². The Morgan fingerprint density at radius 1 is 1.17 bits per heavy atom. The number of rotatable bonds is 6.